The predicted octanol–water partition coefficient (Wildman–Crippen LogP) is 3.39. The number of carbonyl (C=O) groups excluding carboxylic acids is 1. The number of rotatable bonds is 2. The van der Waals surface area contributed by atoms with Crippen molar-refractivity contribution >= 4 is 46.0 Å². The van der Waals surface area contributed by atoms with E-state index in [1.165, 1.54) is 26.9 Å². The zero-order valence-electron chi connectivity index (χ0n) is 11.9. The van der Waals surface area contributed by atoms with Crippen molar-refractivity contribution in [2.24, 2.45) is 11.8 Å². The molecule has 1 unspecified atom stereocenters. The fraction of sp³-hybridized carbons (Fsp3) is 0.562. The first-order valence-electron chi connectivity index (χ1n) is 7.46. The number of esters is 1. The smallest absolute Gasteiger partial charge is 0.310 e. The van der Waals surface area contributed by atoms with Crippen LogP contribution < -0.4 is 0 Å². The van der Waals surface area contributed by atoms with Gasteiger partial charge < -0.3 is 4.74 Å². The summed E-state index contributed by atoms with van der Waals surface area (Å²) in [5.74, 6) is 0.425. The Kier molecular flexibility index (Phi) is 3.62. The molecular formula is C16H18INO2S. The van der Waals surface area contributed by atoms with Crippen molar-refractivity contribution in [1.29, 1.82) is 0 Å². The van der Waals surface area contributed by atoms with E-state index in [9.17, 15) is 4.79 Å². The summed E-state index contributed by atoms with van der Waals surface area (Å²) in [6.45, 7) is 1.04. The van der Waals surface area contributed by atoms with Crippen molar-refractivity contribution in [2.75, 3.05) is 13.7 Å². The van der Waals surface area contributed by atoms with Crippen LogP contribution in [-0.4, -0.2) is 36.6 Å². The number of piperidine rings is 3. The van der Waals surface area contributed by atoms with Gasteiger partial charge in [0.2, 0.25) is 0 Å². The lowest BCUT2D eigenvalue weighted by Crippen LogP contribution is -2.58. The third-order valence-corrected chi connectivity index (χ3v) is 7.14. The lowest BCUT2D eigenvalue weighted by atomic mass is 9.71. The molecule has 0 amide bonds. The van der Waals surface area contributed by atoms with E-state index in [1.807, 2.05) is 11.3 Å². The fourth-order valence-corrected chi connectivity index (χ4v) is 6.12. The van der Waals surface area contributed by atoms with Crippen LogP contribution in [0, 0.1) is 14.7 Å². The number of hydrogen-bond donors (Lipinski definition) is 0. The topological polar surface area (TPSA) is 29.5 Å². The van der Waals surface area contributed by atoms with Crippen LogP contribution in [0.3, 0.4) is 0 Å². The fourth-order valence-electron chi connectivity index (χ4n) is 4.47. The minimum atomic E-state index is -0.0123. The summed E-state index contributed by atoms with van der Waals surface area (Å²) in [5.41, 5.74) is 1.43. The molecule has 21 heavy (non-hydrogen) atoms. The van der Waals surface area contributed by atoms with Crippen molar-refractivity contribution in [2.45, 2.75) is 31.3 Å². The Morgan fingerprint density at radius 3 is 3.05 bits per heavy atom. The van der Waals surface area contributed by atoms with Gasteiger partial charge in [0.05, 0.1) is 15.9 Å². The minimum Gasteiger partial charge on any atom is -0.469 e. The Morgan fingerprint density at radius 1 is 1.48 bits per heavy atom. The van der Waals surface area contributed by atoms with E-state index < -0.39 is 0 Å². The zero-order valence-corrected chi connectivity index (χ0v) is 14.9. The van der Waals surface area contributed by atoms with Gasteiger partial charge in [0.1, 0.15) is 0 Å². The summed E-state index contributed by atoms with van der Waals surface area (Å²) >= 11 is 4.18. The Hall–Kier alpha value is -0.400. The summed E-state index contributed by atoms with van der Waals surface area (Å²) in [5, 5.41) is 0. The predicted molar refractivity (Wildman–Crippen MR) is 92.1 cm³/mol. The maximum Gasteiger partial charge on any atom is 0.310 e. The first-order valence-corrected chi connectivity index (χ1v) is 9.36. The van der Waals surface area contributed by atoms with Gasteiger partial charge in [0.15, 0.2) is 0 Å². The molecule has 4 aliphatic heterocycles. The second-order valence-electron chi connectivity index (χ2n) is 6.22. The quantitative estimate of drug-likeness (QED) is 0.548. The van der Waals surface area contributed by atoms with Gasteiger partial charge in [0, 0.05) is 23.5 Å². The molecule has 4 fully saturated rings. The number of hydrogen-bond acceptors (Lipinski definition) is 4. The van der Waals surface area contributed by atoms with Gasteiger partial charge >= 0.3 is 5.97 Å². The Labute approximate surface area is 142 Å². The molecule has 4 saturated heterocycles. The van der Waals surface area contributed by atoms with Crippen LogP contribution in [0.15, 0.2) is 17.7 Å². The Morgan fingerprint density at radius 2 is 2.33 bits per heavy atom. The first kappa shape index (κ1) is 14.2. The second kappa shape index (κ2) is 5.35. The number of halogens is 1. The van der Waals surface area contributed by atoms with E-state index in [2.05, 4.69) is 45.7 Å². The molecule has 5 heterocycles. The van der Waals surface area contributed by atoms with E-state index in [0.29, 0.717) is 18.0 Å². The van der Waals surface area contributed by atoms with Crippen molar-refractivity contribution in [1.82, 2.24) is 4.90 Å². The first-order chi connectivity index (χ1) is 10.2. The van der Waals surface area contributed by atoms with Crippen LogP contribution in [0.2, 0.25) is 0 Å². The third kappa shape index (κ3) is 2.28. The summed E-state index contributed by atoms with van der Waals surface area (Å²) in [4.78, 5) is 16.1. The van der Waals surface area contributed by atoms with Crippen LogP contribution in [0.25, 0.3) is 6.08 Å². The number of methoxy groups -OCH3 is 1. The van der Waals surface area contributed by atoms with E-state index in [4.69, 9.17) is 4.74 Å². The molecular weight excluding hydrogens is 397 g/mol. The van der Waals surface area contributed by atoms with E-state index in [1.54, 1.807) is 0 Å². The molecule has 112 valence electrons. The van der Waals surface area contributed by atoms with Gasteiger partial charge in [-0.05, 0) is 66.0 Å². The van der Waals surface area contributed by atoms with Crippen molar-refractivity contribution in [3.8, 4) is 0 Å². The molecule has 4 aliphatic rings. The van der Waals surface area contributed by atoms with Crippen LogP contribution in [0.5, 0.6) is 0 Å². The average molecular weight is 415 g/mol. The largest absolute Gasteiger partial charge is 0.469 e. The summed E-state index contributed by atoms with van der Waals surface area (Å²) < 4.78 is 6.41. The van der Waals surface area contributed by atoms with Gasteiger partial charge in [0.25, 0.3) is 0 Å². The van der Waals surface area contributed by atoms with Crippen LogP contribution in [0.1, 0.15) is 24.1 Å². The van der Waals surface area contributed by atoms with Gasteiger partial charge in [-0.15, -0.1) is 11.3 Å². The van der Waals surface area contributed by atoms with Crippen molar-refractivity contribution < 1.29 is 9.53 Å². The normalized spacial score (nSPS) is 39.0. The summed E-state index contributed by atoms with van der Waals surface area (Å²) in [7, 11) is 1.53. The highest BCUT2D eigenvalue weighted by Gasteiger charge is 2.55. The highest BCUT2D eigenvalue weighted by Crippen LogP contribution is 2.51. The van der Waals surface area contributed by atoms with Gasteiger partial charge in [-0.1, -0.05) is 5.57 Å². The number of thiophene rings is 1. The molecule has 0 spiro atoms. The average Bonchev–Trinajstić information content (AvgIpc) is 3.02. The highest BCUT2D eigenvalue weighted by molar-refractivity contribution is 14.1. The Bertz CT molecular complexity index is 611. The van der Waals surface area contributed by atoms with Gasteiger partial charge in [-0.3, -0.25) is 9.69 Å². The van der Waals surface area contributed by atoms with Crippen molar-refractivity contribution in [3.05, 3.63) is 25.5 Å². The van der Waals surface area contributed by atoms with E-state index >= 15 is 0 Å². The number of ether oxygens (including phenoxy) is 1. The SMILES string of the molecule is COC(=O)[C@H]1[C@@H]2C[C@@H]3CC[C@H]1N3C/C2=C\c1ccc(I)s1. The molecule has 5 heteroatoms. The molecule has 1 aromatic rings. The molecule has 0 aromatic carbocycles. The summed E-state index contributed by atoms with van der Waals surface area (Å²) in [6.07, 6.45) is 5.85. The number of fused-ring (bicyclic) bond motifs is 1. The lowest BCUT2D eigenvalue weighted by Gasteiger charge is -2.50. The second-order valence-corrected chi connectivity index (χ2v) is 9.23. The van der Waals surface area contributed by atoms with Gasteiger partial charge in [-0.2, -0.15) is 0 Å². The highest BCUT2D eigenvalue weighted by atomic mass is 127. The van der Waals surface area contributed by atoms with Crippen LogP contribution >= 0.6 is 33.9 Å². The molecule has 1 aromatic heterocycles. The molecule has 0 N–H and O–H groups in total. The standard InChI is InChI=1S/C16H18INO2S/c1-20-16(19)15-12-7-10-2-4-13(15)18(10)8-9(12)6-11-3-5-14(17)21-11/h3,5-6,10,12-13,15H,2,4,7-8H2,1H3/b9-6+/t10-,12+,13+,15-/m0/s1. The maximum absolute atomic E-state index is 12.3. The number of nitrogens with zero attached hydrogens (tertiary/aromatic N) is 1. The maximum atomic E-state index is 12.3. The Balaban J connectivity index is 1.69. The molecule has 0 aliphatic carbocycles. The van der Waals surface area contributed by atoms with Crippen molar-refractivity contribution in [3.63, 3.8) is 0 Å². The number of carbonyl (C=O) groups is 1. The van der Waals surface area contributed by atoms with E-state index in [-0.39, 0.29) is 11.9 Å². The molecule has 5 rings (SSSR count). The van der Waals surface area contributed by atoms with E-state index in [0.717, 1.165) is 19.4 Å². The molecule has 4 bridgehead atoms. The molecule has 3 nitrogen and oxygen atoms in total. The molecule has 5 atom stereocenters. The minimum absolute atomic E-state index is 0.0123. The zero-order chi connectivity index (χ0) is 14.6. The molecule has 0 radical (unpaired) electrons. The van der Waals surface area contributed by atoms with Gasteiger partial charge in [-0.25, -0.2) is 0 Å². The lowest BCUT2D eigenvalue weighted by molar-refractivity contribution is -0.153. The third-order valence-electron chi connectivity index (χ3n) is 5.30. The molecule has 0 saturated carbocycles. The monoisotopic (exact) mass is 415 g/mol. The van der Waals surface area contributed by atoms with Crippen LogP contribution in [0.4, 0.5) is 0 Å². The summed E-state index contributed by atoms with van der Waals surface area (Å²) in [6, 6.07) is 5.45. The van der Waals surface area contributed by atoms with Crippen LogP contribution in [-0.2, 0) is 9.53 Å².